The molecule has 2 fully saturated rings. The van der Waals surface area contributed by atoms with Crippen molar-refractivity contribution in [1.29, 1.82) is 0 Å². The smallest absolute Gasteiger partial charge is 0.257 e. The van der Waals surface area contributed by atoms with Gasteiger partial charge in [-0.15, -0.1) is 0 Å². The number of aryl methyl sites for hydroxylation is 1. The fourth-order valence-corrected chi connectivity index (χ4v) is 6.20. The second kappa shape index (κ2) is 11.3. The number of pyridine rings is 2. The van der Waals surface area contributed by atoms with Gasteiger partial charge in [0.05, 0.1) is 30.6 Å². The Labute approximate surface area is 224 Å². The number of hydrogen-bond donors (Lipinski definition) is 1. The first kappa shape index (κ1) is 25.2. The number of halogens is 1. The zero-order valence-electron chi connectivity index (χ0n) is 22.3. The number of aromatic nitrogens is 2. The number of rotatable bonds is 9. The molecule has 1 N–H and O–H groups in total. The molecule has 2 aromatic heterocycles. The Morgan fingerprint density at radius 2 is 1.84 bits per heavy atom. The van der Waals surface area contributed by atoms with Gasteiger partial charge in [-0.3, -0.25) is 4.98 Å². The van der Waals surface area contributed by atoms with Crippen LogP contribution in [0.2, 0.25) is 0 Å². The van der Waals surface area contributed by atoms with E-state index in [2.05, 4.69) is 15.1 Å². The number of ether oxygens (including phenoxy) is 2. The predicted molar refractivity (Wildman–Crippen MR) is 149 cm³/mol. The van der Waals surface area contributed by atoms with Crippen molar-refractivity contribution < 1.29 is 13.9 Å². The molecule has 38 heavy (non-hydrogen) atoms. The third-order valence-corrected chi connectivity index (χ3v) is 8.22. The Morgan fingerprint density at radius 1 is 1.03 bits per heavy atom. The number of methoxy groups -OCH3 is 1. The number of para-hydroxylation sites is 1. The lowest BCUT2D eigenvalue weighted by atomic mass is 10.0. The molecule has 3 aliphatic rings. The summed E-state index contributed by atoms with van der Waals surface area (Å²) in [4.78, 5) is 14.6. The quantitative estimate of drug-likeness (QED) is 0.389. The molecule has 0 atom stereocenters. The Balaban J connectivity index is 1.19. The number of likely N-dealkylation sites (tertiary alicyclic amines) is 1. The highest BCUT2D eigenvalue weighted by Gasteiger charge is 2.27. The molecule has 6 rings (SSSR count). The summed E-state index contributed by atoms with van der Waals surface area (Å²) in [5.41, 5.74) is 5.93. The van der Waals surface area contributed by atoms with Crippen LogP contribution in [0.1, 0.15) is 49.8 Å². The van der Waals surface area contributed by atoms with E-state index in [0.29, 0.717) is 30.0 Å². The highest BCUT2D eigenvalue weighted by molar-refractivity contribution is 5.92. The predicted octanol–water partition coefficient (Wildman–Crippen LogP) is 5.21. The van der Waals surface area contributed by atoms with Gasteiger partial charge < -0.3 is 24.6 Å². The van der Waals surface area contributed by atoms with E-state index in [1.54, 1.807) is 13.2 Å². The maximum absolute atomic E-state index is 14.3. The zero-order chi connectivity index (χ0) is 25.9. The molecule has 3 aromatic rings. The van der Waals surface area contributed by atoms with Crippen molar-refractivity contribution in [3.63, 3.8) is 0 Å². The number of hydrogen-bond acceptors (Lipinski definition) is 7. The lowest BCUT2D eigenvalue weighted by Gasteiger charge is -2.35. The van der Waals surface area contributed by atoms with Gasteiger partial charge in [-0.2, -0.15) is 0 Å². The maximum atomic E-state index is 14.3. The van der Waals surface area contributed by atoms with E-state index in [1.165, 1.54) is 37.6 Å². The molecule has 8 heteroatoms. The van der Waals surface area contributed by atoms with Gasteiger partial charge in [0.15, 0.2) is 5.75 Å². The second-order valence-electron chi connectivity index (χ2n) is 10.7. The van der Waals surface area contributed by atoms with Crippen molar-refractivity contribution in [3.05, 3.63) is 47.4 Å². The van der Waals surface area contributed by atoms with Gasteiger partial charge >= 0.3 is 0 Å². The summed E-state index contributed by atoms with van der Waals surface area (Å²) in [5, 5.41) is 3.84. The molecule has 7 nitrogen and oxygen atoms in total. The van der Waals surface area contributed by atoms with E-state index >= 15 is 0 Å². The van der Waals surface area contributed by atoms with E-state index < -0.39 is 0 Å². The van der Waals surface area contributed by atoms with Gasteiger partial charge in [0, 0.05) is 37.4 Å². The molecule has 1 aromatic carbocycles. The SMILES string of the molecule is COc1nc2c(NC3CCN(c4ccccc4F)CC3)c3c(nc2cc1OCCCN1CCCC1)CCC3. The number of piperidine rings is 1. The molecule has 202 valence electrons. The van der Waals surface area contributed by atoms with Crippen LogP contribution >= 0.6 is 0 Å². The van der Waals surface area contributed by atoms with E-state index in [4.69, 9.17) is 19.4 Å². The molecule has 0 saturated carbocycles. The summed E-state index contributed by atoms with van der Waals surface area (Å²) in [7, 11) is 1.65. The first-order valence-corrected chi connectivity index (χ1v) is 14.2. The van der Waals surface area contributed by atoms with Gasteiger partial charge in [0.1, 0.15) is 11.3 Å². The van der Waals surface area contributed by atoms with Gasteiger partial charge in [-0.05, 0) is 82.2 Å². The van der Waals surface area contributed by atoms with E-state index in [1.807, 2.05) is 18.2 Å². The second-order valence-corrected chi connectivity index (χ2v) is 10.7. The van der Waals surface area contributed by atoms with Crippen molar-refractivity contribution >= 4 is 22.4 Å². The minimum absolute atomic E-state index is 0.151. The highest BCUT2D eigenvalue weighted by atomic mass is 19.1. The number of nitrogens with one attached hydrogen (secondary N) is 1. The van der Waals surface area contributed by atoms with Crippen molar-refractivity contribution in [1.82, 2.24) is 14.9 Å². The first-order chi connectivity index (χ1) is 18.7. The van der Waals surface area contributed by atoms with Crippen molar-refractivity contribution in [2.24, 2.45) is 0 Å². The number of anilines is 2. The standard InChI is InChI=1S/C30H38FN5O2/c1-37-30-27(38-19-7-16-35-14-4-5-15-35)20-25-29(34-30)28(22-8-6-10-24(22)33-25)32-21-12-17-36(18-13-21)26-11-3-2-9-23(26)31/h2-3,9,11,20-21H,4-8,10,12-19H2,1H3,(H,32,33). The van der Waals surface area contributed by atoms with Crippen molar-refractivity contribution in [2.45, 2.75) is 57.4 Å². The topological polar surface area (TPSA) is 62.8 Å². The molecular formula is C30H38FN5O2. The Bertz CT molecular complexity index is 1270. The summed E-state index contributed by atoms with van der Waals surface area (Å²) in [6.07, 6.45) is 8.57. The van der Waals surface area contributed by atoms with E-state index in [0.717, 1.165) is 80.6 Å². The fraction of sp³-hybridized carbons (Fsp3) is 0.533. The van der Waals surface area contributed by atoms with Crippen LogP contribution in [0.5, 0.6) is 11.6 Å². The molecule has 0 spiro atoms. The number of benzene rings is 1. The molecule has 4 heterocycles. The van der Waals surface area contributed by atoms with Crippen molar-refractivity contribution in [3.8, 4) is 11.6 Å². The van der Waals surface area contributed by atoms with Gasteiger partial charge in [0.2, 0.25) is 0 Å². The average Bonchev–Trinajstić information content (AvgIpc) is 3.64. The van der Waals surface area contributed by atoms with Crippen LogP contribution in [0.4, 0.5) is 15.8 Å². The van der Waals surface area contributed by atoms with Crippen LogP contribution in [0, 0.1) is 5.82 Å². The molecule has 2 aliphatic heterocycles. The van der Waals surface area contributed by atoms with E-state index in [-0.39, 0.29) is 5.82 Å². The maximum Gasteiger partial charge on any atom is 0.257 e. The van der Waals surface area contributed by atoms with Crippen LogP contribution in [0.3, 0.4) is 0 Å². The average molecular weight is 520 g/mol. The van der Waals surface area contributed by atoms with Crippen LogP contribution in [-0.2, 0) is 12.8 Å². The van der Waals surface area contributed by atoms with Crippen LogP contribution in [-0.4, -0.2) is 67.4 Å². The van der Waals surface area contributed by atoms with E-state index in [9.17, 15) is 4.39 Å². The summed E-state index contributed by atoms with van der Waals surface area (Å²) < 4.78 is 26.2. The van der Waals surface area contributed by atoms with Gasteiger partial charge in [-0.1, -0.05) is 12.1 Å². The molecule has 0 radical (unpaired) electrons. The molecular weight excluding hydrogens is 481 g/mol. The van der Waals surface area contributed by atoms with Crippen molar-refractivity contribution in [2.75, 3.05) is 56.7 Å². The van der Waals surface area contributed by atoms with Crippen LogP contribution in [0.25, 0.3) is 11.0 Å². The largest absolute Gasteiger partial charge is 0.488 e. The van der Waals surface area contributed by atoms with Crippen LogP contribution < -0.4 is 19.7 Å². The monoisotopic (exact) mass is 519 g/mol. The summed E-state index contributed by atoms with van der Waals surface area (Å²) in [5.74, 6) is 1.02. The third kappa shape index (κ3) is 5.23. The number of fused-ring (bicyclic) bond motifs is 2. The number of nitrogens with zero attached hydrogens (tertiary/aromatic N) is 4. The lowest BCUT2D eigenvalue weighted by molar-refractivity contribution is 0.252. The molecule has 0 bridgehead atoms. The minimum Gasteiger partial charge on any atom is -0.488 e. The van der Waals surface area contributed by atoms with Gasteiger partial charge in [-0.25, -0.2) is 9.37 Å². The molecule has 0 unspecified atom stereocenters. The molecule has 2 saturated heterocycles. The summed E-state index contributed by atoms with van der Waals surface area (Å²) >= 11 is 0. The summed E-state index contributed by atoms with van der Waals surface area (Å²) in [6.45, 7) is 5.74. The highest BCUT2D eigenvalue weighted by Crippen LogP contribution is 2.38. The third-order valence-electron chi connectivity index (χ3n) is 8.22. The first-order valence-electron chi connectivity index (χ1n) is 14.2. The fourth-order valence-electron chi connectivity index (χ4n) is 6.20. The molecule has 1 aliphatic carbocycles. The van der Waals surface area contributed by atoms with Crippen LogP contribution in [0.15, 0.2) is 30.3 Å². The Hall–Kier alpha value is -3.13. The Morgan fingerprint density at radius 3 is 2.63 bits per heavy atom. The minimum atomic E-state index is -0.151. The zero-order valence-corrected chi connectivity index (χ0v) is 22.3. The normalized spacial score (nSPS) is 18.2. The Kier molecular flexibility index (Phi) is 7.49. The lowest BCUT2D eigenvalue weighted by Crippen LogP contribution is -2.39. The summed E-state index contributed by atoms with van der Waals surface area (Å²) in [6, 6.07) is 9.35. The van der Waals surface area contributed by atoms with Gasteiger partial charge in [0.25, 0.3) is 5.88 Å². The molecule has 0 amide bonds.